The van der Waals surface area contributed by atoms with Gasteiger partial charge in [0.1, 0.15) is 11.5 Å². The van der Waals surface area contributed by atoms with Crippen LogP contribution >= 0.6 is 0 Å². The molecule has 4 heterocycles. The van der Waals surface area contributed by atoms with Crippen molar-refractivity contribution >= 4 is 28.4 Å². The average Bonchev–Trinajstić information content (AvgIpc) is 3.24. The Balaban J connectivity index is 1.80. The Bertz CT molecular complexity index is 1100. The van der Waals surface area contributed by atoms with Crippen molar-refractivity contribution in [2.75, 3.05) is 25.0 Å². The Morgan fingerprint density at radius 3 is 3.07 bits per heavy atom. The number of pyridine rings is 2. The fourth-order valence-electron chi connectivity index (χ4n) is 3.27. The van der Waals surface area contributed by atoms with Gasteiger partial charge in [0.05, 0.1) is 17.1 Å². The maximum Gasteiger partial charge on any atom is 0.267 e. The Morgan fingerprint density at radius 1 is 1.39 bits per heavy atom. The van der Waals surface area contributed by atoms with E-state index < -0.39 is 0 Å². The molecule has 3 aromatic rings. The predicted molar refractivity (Wildman–Crippen MR) is 107 cm³/mol. The minimum atomic E-state index is -0.332. The smallest absolute Gasteiger partial charge is 0.267 e. The quantitative estimate of drug-likeness (QED) is 0.500. The molecule has 1 fully saturated rings. The van der Waals surface area contributed by atoms with Gasteiger partial charge in [-0.1, -0.05) is 12.1 Å². The molecule has 1 atom stereocenters. The van der Waals surface area contributed by atoms with Gasteiger partial charge in [0.25, 0.3) is 11.5 Å². The van der Waals surface area contributed by atoms with Gasteiger partial charge in [0.15, 0.2) is 5.65 Å². The van der Waals surface area contributed by atoms with Crippen LogP contribution in [0.5, 0.6) is 0 Å². The lowest BCUT2D eigenvalue weighted by Crippen LogP contribution is -2.27. The minimum absolute atomic E-state index is 0.0803. The van der Waals surface area contributed by atoms with Crippen LogP contribution in [-0.2, 0) is 4.74 Å². The summed E-state index contributed by atoms with van der Waals surface area (Å²) in [5.41, 5.74) is 0.825. The summed E-state index contributed by atoms with van der Waals surface area (Å²) < 4.78 is 7.07. The minimum Gasteiger partial charge on any atom is -0.376 e. The van der Waals surface area contributed by atoms with Gasteiger partial charge in [-0.15, -0.1) is 6.58 Å². The molecule has 4 rings (SSSR count). The summed E-state index contributed by atoms with van der Waals surface area (Å²) in [4.78, 5) is 34.5. The fourth-order valence-corrected chi connectivity index (χ4v) is 3.27. The monoisotopic (exact) mass is 379 g/mol. The van der Waals surface area contributed by atoms with Crippen LogP contribution in [0, 0.1) is 0 Å². The number of fused-ring (bicyclic) bond motifs is 2. The number of carbonyl (C=O) groups is 1. The Labute approximate surface area is 161 Å². The van der Waals surface area contributed by atoms with Crippen LogP contribution in [0.25, 0.3) is 16.7 Å². The number of carbonyl (C=O) groups excluding carboxylic acids is 1. The van der Waals surface area contributed by atoms with Crippen molar-refractivity contribution in [2.24, 2.45) is 0 Å². The molecule has 8 nitrogen and oxygen atoms in total. The highest BCUT2D eigenvalue weighted by atomic mass is 16.5. The molecule has 1 aliphatic rings. The molecule has 0 spiro atoms. The number of nitrogens with one attached hydrogen (secondary N) is 2. The standard InChI is InChI=1S/C20H21N5O3/c1-2-8-21-19(26)14-11-15-18(23-16-7-3-4-9-25(16)20(15)27)24-17(14)22-12-13-6-5-10-28-13/h2-4,7,9,11,13H,1,5-6,8,10,12H2,(H,21,26)(H,22,24). The largest absolute Gasteiger partial charge is 0.376 e. The normalized spacial score (nSPS) is 16.4. The molecule has 3 aromatic heterocycles. The SMILES string of the molecule is C=CCNC(=O)c1cc2c(=O)n3ccccc3nc2nc1NCC1CCCO1. The van der Waals surface area contributed by atoms with E-state index in [9.17, 15) is 9.59 Å². The zero-order valence-corrected chi connectivity index (χ0v) is 15.4. The highest BCUT2D eigenvalue weighted by molar-refractivity contribution is 6.01. The topological polar surface area (TPSA) is 97.6 Å². The van der Waals surface area contributed by atoms with E-state index in [1.807, 2.05) is 0 Å². The summed E-state index contributed by atoms with van der Waals surface area (Å²) in [6.07, 6.45) is 5.30. The molecule has 1 unspecified atom stereocenters. The van der Waals surface area contributed by atoms with Crippen molar-refractivity contribution < 1.29 is 9.53 Å². The molecule has 0 saturated carbocycles. The summed E-state index contributed by atoms with van der Waals surface area (Å²) in [7, 11) is 0. The van der Waals surface area contributed by atoms with E-state index in [1.54, 1.807) is 36.5 Å². The molecule has 1 saturated heterocycles. The van der Waals surface area contributed by atoms with Crippen molar-refractivity contribution in [3.8, 4) is 0 Å². The second kappa shape index (κ2) is 7.77. The first kappa shape index (κ1) is 18.1. The third-order valence-corrected chi connectivity index (χ3v) is 4.68. The second-order valence-corrected chi connectivity index (χ2v) is 6.62. The van der Waals surface area contributed by atoms with Crippen LogP contribution in [-0.4, -0.2) is 46.1 Å². The van der Waals surface area contributed by atoms with Gasteiger partial charge in [-0.3, -0.25) is 14.0 Å². The highest BCUT2D eigenvalue weighted by Gasteiger charge is 2.20. The molecular formula is C20H21N5O3. The summed E-state index contributed by atoms with van der Waals surface area (Å²) in [6.45, 7) is 5.21. The maximum atomic E-state index is 12.8. The molecular weight excluding hydrogens is 358 g/mol. The molecule has 2 N–H and O–H groups in total. The molecule has 28 heavy (non-hydrogen) atoms. The van der Waals surface area contributed by atoms with E-state index >= 15 is 0 Å². The van der Waals surface area contributed by atoms with Gasteiger partial charge in [0, 0.05) is 25.9 Å². The van der Waals surface area contributed by atoms with Gasteiger partial charge in [0.2, 0.25) is 0 Å². The van der Waals surface area contributed by atoms with E-state index in [4.69, 9.17) is 4.74 Å². The van der Waals surface area contributed by atoms with Crippen molar-refractivity contribution in [1.82, 2.24) is 19.7 Å². The lowest BCUT2D eigenvalue weighted by atomic mass is 10.1. The lowest BCUT2D eigenvalue weighted by molar-refractivity contribution is 0.0958. The number of hydrogen-bond acceptors (Lipinski definition) is 6. The summed E-state index contributed by atoms with van der Waals surface area (Å²) >= 11 is 0. The maximum absolute atomic E-state index is 12.8. The van der Waals surface area contributed by atoms with Crippen LogP contribution in [0.15, 0.2) is 47.9 Å². The Hall–Kier alpha value is -3.26. The van der Waals surface area contributed by atoms with Crippen LogP contribution in [0.4, 0.5) is 5.82 Å². The number of nitrogens with zero attached hydrogens (tertiary/aromatic N) is 3. The molecule has 1 amide bonds. The van der Waals surface area contributed by atoms with Crippen LogP contribution in [0.1, 0.15) is 23.2 Å². The second-order valence-electron chi connectivity index (χ2n) is 6.62. The molecule has 8 heteroatoms. The van der Waals surface area contributed by atoms with E-state index in [0.29, 0.717) is 35.8 Å². The van der Waals surface area contributed by atoms with Crippen LogP contribution in [0.2, 0.25) is 0 Å². The third-order valence-electron chi connectivity index (χ3n) is 4.68. The van der Waals surface area contributed by atoms with Gasteiger partial charge in [-0.25, -0.2) is 9.97 Å². The number of anilines is 1. The summed E-state index contributed by atoms with van der Waals surface area (Å²) in [5, 5.41) is 6.23. The first-order valence-electron chi connectivity index (χ1n) is 9.24. The average molecular weight is 379 g/mol. The first-order chi connectivity index (χ1) is 13.7. The van der Waals surface area contributed by atoms with E-state index in [-0.39, 0.29) is 23.0 Å². The predicted octanol–water partition coefficient (Wildman–Crippen LogP) is 1.75. The molecule has 0 radical (unpaired) electrons. The zero-order valence-electron chi connectivity index (χ0n) is 15.4. The summed E-state index contributed by atoms with van der Waals surface area (Å²) in [5.74, 6) is 0.0541. The van der Waals surface area contributed by atoms with Crippen molar-refractivity contribution in [3.63, 3.8) is 0 Å². The molecule has 0 aliphatic carbocycles. The number of ether oxygens (including phenoxy) is 1. The number of amides is 1. The Kier molecular flexibility index (Phi) is 5.03. The van der Waals surface area contributed by atoms with E-state index in [2.05, 4.69) is 27.2 Å². The van der Waals surface area contributed by atoms with E-state index in [0.717, 1.165) is 19.4 Å². The van der Waals surface area contributed by atoms with Gasteiger partial charge < -0.3 is 15.4 Å². The molecule has 0 aromatic carbocycles. The number of hydrogen-bond donors (Lipinski definition) is 2. The summed E-state index contributed by atoms with van der Waals surface area (Å²) in [6, 6.07) is 6.85. The van der Waals surface area contributed by atoms with Crippen molar-refractivity contribution in [3.05, 3.63) is 59.0 Å². The third kappa shape index (κ3) is 3.46. The van der Waals surface area contributed by atoms with Crippen molar-refractivity contribution in [2.45, 2.75) is 18.9 Å². The van der Waals surface area contributed by atoms with Gasteiger partial charge >= 0.3 is 0 Å². The molecule has 144 valence electrons. The van der Waals surface area contributed by atoms with E-state index in [1.165, 1.54) is 4.40 Å². The first-order valence-corrected chi connectivity index (χ1v) is 9.24. The van der Waals surface area contributed by atoms with Gasteiger partial charge in [-0.05, 0) is 31.0 Å². The number of rotatable bonds is 6. The van der Waals surface area contributed by atoms with Gasteiger partial charge in [-0.2, -0.15) is 0 Å². The fraction of sp³-hybridized carbons (Fsp3) is 0.300. The molecule has 1 aliphatic heterocycles. The lowest BCUT2D eigenvalue weighted by Gasteiger charge is -2.15. The molecule has 0 bridgehead atoms. The highest BCUT2D eigenvalue weighted by Crippen LogP contribution is 2.20. The van der Waals surface area contributed by atoms with Crippen LogP contribution < -0.4 is 16.2 Å². The zero-order chi connectivity index (χ0) is 19.5. The number of aromatic nitrogens is 3. The Morgan fingerprint density at radius 2 is 2.29 bits per heavy atom. The van der Waals surface area contributed by atoms with Crippen LogP contribution in [0.3, 0.4) is 0 Å². The van der Waals surface area contributed by atoms with Crippen molar-refractivity contribution in [1.29, 1.82) is 0 Å².